The van der Waals surface area contributed by atoms with Gasteiger partial charge in [0.1, 0.15) is 12.1 Å². The summed E-state index contributed by atoms with van der Waals surface area (Å²) in [5.74, 6) is -1.31. The van der Waals surface area contributed by atoms with Gasteiger partial charge in [-0.25, -0.2) is 4.79 Å². The van der Waals surface area contributed by atoms with Gasteiger partial charge in [0.2, 0.25) is 11.2 Å². The van der Waals surface area contributed by atoms with Crippen LogP contribution < -0.4 is 10.4 Å². The quantitative estimate of drug-likeness (QED) is 0.796. The second-order valence-corrected chi connectivity index (χ2v) is 6.37. The standard InChI is InChI=1S/C14H17N2O4P/c1-10(15-21(20)11-6-3-2-4-7-11)13(17)16-9-5-8-12(16)14(18)19/h2-4,6-7,10,12H,5,8-9H2,1H3,(H-,15,18,19,20)/p+1/t10-,12-/m0/s1. The molecule has 0 aliphatic carbocycles. The van der Waals surface area contributed by atoms with Gasteiger partial charge in [-0.1, -0.05) is 23.3 Å². The number of hydrogen-bond donors (Lipinski definition) is 2. The highest BCUT2D eigenvalue weighted by Gasteiger charge is 2.38. The van der Waals surface area contributed by atoms with Gasteiger partial charge >= 0.3 is 13.9 Å². The normalized spacial score (nSPS) is 20.1. The highest BCUT2D eigenvalue weighted by atomic mass is 31.1. The Bertz CT molecular complexity index is 549. The second-order valence-electron chi connectivity index (χ2n) is 5.01. The van der Waals surface area contributed by atoms with E-state index in [1.165, 1.54) is 4.90 Å². The number of carbonyl (C=O) groups is 2. The van der Waals surface area contributed by atoms with Crippen LogP contribution >= 0.6 is 7.95 Å². The first-order chi connectivity index (χ1) is 10.0. The van der Waals surface area contributed by atoms with Crippen molar-refractivity contribution >= 4 is 25.1 Å². The molecule has 2 N–H and O–H groups in total. The molecule has 1 unspecified atom stereocenters. The predicted octanol–water partition coefficient (Wildman–Crippen LogP) is 1.11. The Hall–Kier alpha value is -1.78. The number of aliphatic carboxylic acids is 1. The minimum atomic E-state index is -1.89. The molecule has 0 radical (unpaired) electrons. The van der Waals surface area contributed by atoms with E-state index >= 15 is 0 Å². The third-order valence-corrected chi connectivity index (χ3v) is 4.88. The summed E-state index contributed by atoms with van der Waals surface area (Å²) in [6, 6.07) is 7.36. The van der Waals surface area contributed by atoms with Crippen molar-refractivity contribution in [3.63, 3.8) is 0 Å². The third-order valence-electron chi connectivity index (χ3n) is 3.49. The zero-order valence-electron chi connectivity index (χ0n) is 11.7. The fourth-order valence-electron chi connectivity index (χ4n) is 2.40. The Balaban J connectivity index is 2.00. The fourth-order valence-corrected chi connectivity index (χ4v) is 3.46. The van der Waals surface area contributed by atoms with Gasteiger partial charge < -0.3 is 10.0 Å². The molecule has 1 aromatic carbocycles. The van der Waals surface area contributed by atoms with Gasteiger partial charge in [0.15, 0.2) is 0 Å². The average Bonchev–Trinajstić information content (AvgIpc) is 2.96. The third kappa shape index (κ3) is 3.65. The maximum absolute atomic E-state index is 12.3. The van der Waals surface area contributed by atoms with Crippen LogP contribution in [0.5, 0.6) is 0 Å². The second kappa shape index (κ2) is 6.78. The SMILES string of the molecule is C[C@H](N[P+](=O)c1ccccc1)C(=O)N1CCC[C@H]1C(=O)O. The summed E-state index contributed by atoms with van der Waals surface area (Å²) in [7, 11) is -1.89. The summed E-state index contributed by atoms with van der Waals surface area (Å²) < 4.78 is 12.1. The molecule has 112 valence electrons. The maximum atomic E-state index is 12.3. The van der Waals surface area contributed by atoms with Gasteiger partial charge in [-0.3, -0.25) is 4.79 Å². The molecule has 0 spiro atoms. The molecular formula is C14H18N2O4P+. The van der Waals surface area contributed by atoms with E-state index in [4.69, 9.17) is 5.11 Å². The number of likely N-dealkylation sites (tertiary alicyclic amines) is 1. The van der Waals surface area contributed by atoms with E-state index in [9.17, 15) is 14.2 Å². The largest absolute Gasteiger partial charge is 0.480 e. The van der Waals surface area contributed by atoms with Crippen LogP contribution in [0.25, 0.3) is 0 Å². The smallest absolute Gasteiger partial charge is 0.472 e. The fraction of sp³-hybridized carbons (Fsp3) is 0.429. The van der Waals surface area contributed by atoms with Crippen LogP contribution in [0.2, 0.25) is 0 Å². The molecule has 2 rings (SSSR count). The number of carboxylic acid groups (broad SMARTS) is 1. The number of carboxylic acids is 1. The Morgan fingerprint density at radius 2 is 2.05 bits per heavy atom. The monoisotopic (exact) mass is 309 g/mol. The Morgan fingerprint density at radius 3 is 2.67 bits per heavy atom. The van der Waals surface area contributed by atoms with Crippen LogP contribution in [0.3, 0.4) is 0 Å². The van der Waals surface area contributed by atoms with E-state index in [0.717, 1.165) is 0 Å². The molecule has 1 saturated heterocycles. The van der Waals surface area contributed by atoms with Gasteiger partial charge in [0.05, 0.1) is 0 Å². The minimum Gasteiger partial charge on any atom is -0.480 e. The molecule has 1 heterocycles. The molecular weight excluding hydrogens is 291 g/mol. The van der Waals surface area contributed by atoms with Gasteiger partial charge in [-0.2, -0.15) is 0 Å². The Labute approximate surface area is 124 Å². The van der Waals surface area contributed by atoms with Crippen LogP contribution in [-0.2, 0) is 14.2 Å². The number of carbonyl (C=O) groups excluding carboxylic acids is 1. The van der Waals surface area contributed by atoms with E-state index in [-0.39, 0.29) is 5.91 Å². The Morgan fingerprint density at radius 1 is 1.38 bits per heavy atom. The Kier molecular flexibility index (Phi) is 5.04. The van der Waals surface area contributed by atoms with Crippen LogP contribution in [0.1, 0.15) is 19.8 Å². The van der Waals surface area contributed by atoms with Gasteiger partial charge in [-0.15, -0.1) is 0 Å². The van der Waals surface area contributed by atoms with Gasteiger partial charge in [-0.05, 0) is 36.5 Å². The van der Waals surface area contributed by atoms with Gasteiger partial charge in [0, 0.05) is 6.54 Å². The molecule has 6 nitrogen and oxygen atoms in total. The van der Waals surface area contributed by atoms with Crippen molar-refractivity contribution in [2.45, 2.75) is 31.8 Å². The summed E-state index contributed by atoms with van der Waals surface area (Å²) in [5, 5.41) is 12.5. The molecule has 1 fully saturated rings. The zero-order chi connectivity index (χ0) is 15.4. The van der Waals surface area contributed by atoms with E-state index < -0.39 is 26.0 Å². The lowest BCUT2D eigenvalue weighted by Gasteiger charge is -2.23. The van der Waals surface area contributed by atoms with Crippen molar-refractivity contribution in [3.8, 4) is 0 Å². The van der Waals surface area contributed by atoms with Crippen molar-refractivity contribution < 1.29 is 19.3 Å². The first-order valence-electron chi connectivity index (χ1n) is 6.82. The number of nitrogens with one attached hydrogen (secondary N) is 1. The first-order valence-corrected chi connectivity index (χ1v) is 8.08. The summed E-state index contributed by atoms with van der Waals surface area (Å²) in [6.07, 6.45) is 1.15. The summed E-state index contributed by atoms with van der Waals surface area (Å²) in [5.41, 5.74) is 0. The molecule has 1 aromatic rings. The molecule has 1 amide bonds. The zero-order valence-corrected chi connectivity index (χ0v) is 12.6. The van der Waals surface area contributed by atoms with Crippen LogP contribution in [0.4, 0.5) is 0 Å². The van der Waals surface area contributed by atoms with E-state index in [2.05, 4.69) is 5.09 Å². The van der Waals surface area contributed by atoms with Gasteiger partial charge in [0.25, 0.3) is 0 Å². The molecule has 7 heteroatoms. The van der Waals surface area contributed by atoms with Crippen LogP contribution in [-0.4, -0.2) is 40.5 Å². The molecule has 21 heavy (non-hydrogen) atoms. The number of benzene rings is 1. The maximum Gasteiger partial charge on any atom is 0.472 e. The topological polar surface area (TPSA) is 86.7 Å². The van der Waals surface area contributed by atoms with Crippen molar-refractivity contribution in [1.82, 2.24) is 9.99 Å². The van der Waals surface area contributed by atoms with Crippen molar-refractivity contribution in [2.24, 2.45) is 0 Å². The highest BCUT2D eigenvalue weighted by molar-refractivity contribution is 7.51. The summed E-state index contributed by atoms with van der Waals surface area (Å²) >= 11 is 0. The van der Waals surface area contributed by atoms with Crippen molar-refractivity contribution in [3.05, 3.63) is 30.3 Å². The number of nitrogens with zero attached hydrogens (tertiary/aromatic N) is 1. The highest BCUT2D eigenvalue weighted by Crippen LogP contribution is 2.21. The lowest BCUT2D eigenvalue weighted by Crippen LogP contribution is -2.48. The van der Waals surface area contributed by atoms with E-state index in [1.807, 2.05) is 6.07 Å². The molecule has 1 aliphatic rings. The van der Waals surface area contributed by atoms with Crippen LogP contribution in [0.15, 0.2) is 30.3 Å². The molecule has 0 aromatic heterocycles. The molecule has 0 bridgehead atoms. The summed E-state index contributed by atoms with van der Waals surface area (Å²) in [6.45, 7) is 2.04. The molecule has 1 aliphatic heterocycles. The minimum absolute atomic E-state index is 0.320. The molecule has 0 saturated carbocycles. The average molecular weight is 309 g/mol. The predicted molar refractivity (Wildman–Crippen MR) is 78.7 cm³/mol. The number of amides is 1. The lowest BCUT2D eigenvalue weighted by molar-refractivity contribution is -0.148. The molecule has 3 atom stereocenters. The number of hydrogen-bond acceptors (Lipinski definition) is 3. The van der Waals surface area contributed by atoms with Crippen LogP contribution in [0, 0.1) is 0 Å². The first kappa shape index (κ1) is 15.6. The number of rotatable bonds is 5. The van der Waals surface area contributed by atoms with E-state index in [0.29, 0.717) is 24.7 Å². The van der Waals surface area contributed by atoms with Crippen molar-refractivity contribution in [2.75, 3.05) is 6.54 Å². The summed E-state index contributed by atoms with van der Waals surface area (Å²) in [4.78, 5) is 24.8. The van der Waals surface area contributed by atoms with E-state index in [1.54, 1.807) is 31.2 Å². The lowest BCUT2D eigenvalue weighted by atomic mass is 10.2. The van der Waals surface area contributed by atoms with Crippen molar-refractivity contribution in [1.29, 1.82) is 0 Å².